The molecule has 4 nitrogen and oxygen atoms in total. The monoisotopic (exact) mass is 336 g/mol. The van der Waals surface area contributed by atoms with Gasteiger partial charge in [0, 0.05) is 0 Å². The van der Waals surface area contributed by atoms with Gasteiger partial charge < -0.3 is 0 Å². The number of hydrogen-bond donors (Lipinski definition) is 0. The van der Waals surface area contributed by atoms with Crippen LogP contribution in [0.4, 0.5) is 0 Å². The van der Waals surface area contributed by atoms with E-state index in [1.807, 2.05) is 0 Å². The Morgan fingerprint density at radius 1 is 0.545 bits per heavy atom. The van der Waals surface area contributed by atoms with Crippen LogP contribution in [-0.4, -0.2) is 19.8 Å². The molecule has 5 heteroatoms. The van der Waals surface area contributed by atoms with Crippen LogP contribution in [0.3, 0.4) is 0 Å². The van der Waals surface area contributed by atoms with Gasteiger partial charge >= 0.3 is 7.82 Å². The van der Waals surface area contributed by atoms with Crippen molar-refractivity contribution in [2.45, 2.75) is 91.4 Å². The lowest BCUT2D eigenvalue weighted by atomic mass is 10.2. The van der Waals surface area contributed by atoms with E-state index < -0.39 is 7.82 Å². The minimum Gasteiger partial charge on any atom is -0.287 e. The van der Waals surface area contributed by atoms with Gasteiger partial charge in [0.1, 0.15) is 0 Å². The minimum atomic E-state index is -3.36. The first kappa shape index (κ1) is 22.1. The Morgan fingerprint density at radius 3 is 1.23 bits per heavy atom. The topological polar surface area (TPSA) is 44.8 Å². The van der Waals surface area contributed by atoms with Crippen LogP contribution in [0.2, 0.25) is 0 Å². The van der Waals surface area contributed by atoms with E-state index in [0.717, 1.165) is 44.9 Å². The van der Waals surface area contributed by atoms with Gasteiger partial charge in [-0.05, 0) is 19.3 Å². The molecule has 0 aliphatic carbocycles. The third-order valence-corrected chi connectivity index (χ3v) is 4.99. The molecule has 22 heavy (non-hydrogen) atoms. The van der Waals surface area contributed by atoms with Crippen molar-refractivity contribution >= 4 is 7.82 Å². The minimum absolute atomic E-state index is 0.453. The molecule has 0 radical (unpaired) electrons. The molecule has 0 saturated heterocycles. The van der Waals surface area contributed by atoms with Gasteiger partial charge in [-0.3, -0.25) is 13.6 Å². The van der Waals surface area contributed by atoms with E-state index in [4.69, 9.17) is 13.6 Å². The molecule has 0 fully saturated rings. The fourth-order valence-corrected chi connectivity index (χ4v) is 3.33. The van der Waals surface area contributed by atoms with E-state index in [1.165, 1.54) is 25.7 Å². The molecule has 0 rings (SSSR count). The average Bonchev–Trinajstić information content (AvgIpc) is 2.51. The van der Waals surface area contributed by atoms with Gasteiger partial charge in [0.15, 0.2) is 0 Å². The van der Waals surface area contributed by atoms with Crippen molar-refractivity contribution in [3.63, 3.8) is 0 Å². The maximum Gasteiger partial charge on any atom is 0.474 e. The summed E-state index contributed by atoms with van der Waals surface area (Å²) in [5.74, 6) is 0. The van der Waals surface area contributed by atoms with Crippen molar-refractivity contribution in [1.82, 2.24) is 0 Å². The molecule has 0 N–H and O–H groups in total. The molecule has 0 amide bonds. The summed E-state index contributed by atoms with van der Waals surface area (Å²) in [5, 5.41) is 0. The summed E-state index contributed by atoms with van der Waals surface area (Å²) in [6.07, 6.45) is 11.8. The van der Waals surface area contributed by atoms with Gasteiger partial charge in [0.05, 0.1) is 19.8 Å². The molecular formula is C17H37O4P. The molecule has 0 aromatic carbocycles. The number of phosphoric ester groups is 1. The maximum absolute atomic E-state index is 12.6. The van der Waals surface area contributed by atoms with Crippen LogP contribution >= 0.6 is 7.82 Å². The molecule has 0 spiro atoms. The van der Waals surface area contributed by atoms with Gasteiger partial charge in [-0.15, -0.1) is 0 Å². The number of phosphoric acid groups is 1. The second-order valence-corrected chi connectivity index (χ2v) is 7.44. The van der Waals surface area contributed by atoms with Gasteiger partial charge in [-0.25, -0.2) is 4.57 Å². The van der Waals surface area contributed by atoms with Crippen LogP contribution in [0, 0.1) is 0 Å². The van der Waals surface area contributed by atoms with Crippen LogP contribution in [0.25, 0.3) is 0 Å². The smallest absolute Gasteiger partial charge is 0.287 e. The summed E-state index contributed by atoms with van der Waals surface area (Å²) in [6.45, 7) is 7.84. The molecule has 0 unspecified atom stereocenters. The van der Waals surface area contributed by atoms with Crippen LogP contribution in [0.5, 0.6) is 0 Å². The largest absolute Gasteiger partial charge is 0.474 e. The highest BCUT2D eigenvalue weighted by atomic mass is 31.2. The molecule has 0 aliphatic heterocycles. The van der Waals surface area contributed by atoms with E-state index >= 15 is 0 Å². The first-order valence-electron chi connectivity index (χ1n) is 9.22. The predicted molar refractivity (Wildman–Crippen MR) is 93.3 cm³/mol. The van der Waals surface area contributed by atoms with Crippen molar-refractivity contribution in [3.05, 3.63) is 0 Å². The normalized spacial score (nSPS) is 12.0. The van der Waals surface area contributed by atoms with Crippen LogP contribution in [-0.2, 0) is 18.1 Å². The number of rotatable bonds is 17. The number of unbranched alkanes of at least 4 members (excludes halogenated alkanes) is 8. The highest BCUT2D eigenvalue weighted by Gasteiger charge is 2.25. The Balaban J connectivity index is 4.02. The SMILES string of the molecule is CCCCCCOP(=O)(OCCCCC)OCCCCCC. The zero-order valence-corrected chi connectivity index (χ0v) is 15.9. The second kappa shape index (κ2) is 16.0. The van der Waals surface area contributed by atoms with E-state index in [0.29, 0.717) is 19.8 Å². The van der Waals surface area contributed by atoms with Crippen molar-refractivity contribution in [2.24, 2.45) is 0 Å². The summed E-state index contributed by atoms with van der Waals surface area (Å²) < 4.78 is 29.0. The van der Waals surface area contributed by atoms with Crippen molar-refractivity contribution in [3.8, 4) is 0 Å². The Labute approximate surface area is 137 Å². The van der Waals surface area contributed by atoms with Crippen LogP contribution in [0.1, 0.15) is 91.4 Å². The summed E-state index contributed by atoms with van der Waals surface area (Å²) in [6, 6.07) is 0. The van der Waals surface area contributed by atoms with Crippen LogP contribution < -0.4 is 0 Å². The summed E-state index contributed by atoms with van der Waals surface area (Å²) in [7, 11) is -3.36. The Kier molecular flexibility index (Phi) is 16.1. The van der Waals surface area contributed by atoms with E-state index in [-0.39, 0.29) is 0 Å². The van der Waals surface area contributed by atoms with Gasteiger partial charge in [-0.2, -0.15) is 0 Å². The maximum atomic E-state index is 12.6. The Hall–Kier alpha value is 0.110. The van der Waals surface area contributed by atoms with Gasteiger partial charge in [0.25, 0.3) is 0 Å². The van der Waals surface area contributed by atoms with Crippen molar-refractivity contribution in [1.29, 1.82) is 0 Å². The molecule has 134 valence electrons. The molecule has 0 aliphatic rings. The molecular weight excluding hydrogens is 299 g/mol. The molecule has 0 saturated carbocycles. The fourth-order valence-electron chi connectivity index (χ4n) is 2.05. The Morgan fingerprint density at radius 2 is 0.864 bits per heavy atom. The van der Waals surface area contributed by atoms with Crippen molar-refractivity contribution < 1.29 is 18.1 Å². The molecule has 0 bridgehead atoms. The third kappa shape index (κ3) is 13.8. The summed E-state index contributed by atoms with van der Waals surface area (Å²) in [5.41, 5.74) is 0. The second-order valence-electron chi connectivity index (χ2n) is 5.78. The Bertz CT molecular complexity index is 253. The first-order chi connectivity index (χ1) is 10.7. The summed E-state index contributed by atoms with van der Waals surface area (Å²) >= 11 is 0. The lowest BCUT2D eigenvalue weighted by Gasteiger charge is -2.18. The molecule has 0 heterocycles. The summed E-state index contributed by atoms with van der Waals surface area (Å²) in [4.78, 5) is 0. The highest BCUT2D eigenvalue weighted by molar-refractivity contribution is 7.48. The lowest BCUT2D eigenvalue weighted by Crippen LogP contribution is -2.04. The zero-order valence-electron chi connectivity index (χ0n) is 15.0. The van der Waals surface area contributed by atoms with E-state index in [2.05, 4.69) is 20.8 Å². The molecule has 0 atom stereocenters. The average molecular weight is 336 g/mol. The molecule has 0 aromatic rings. The van der Waals surface area contributed by atoms with Gasteiger partial charge in [0.2, 0.25) is 0 Å². The zero-order chi connectivity index (χ0) is 16.5. The van der Waals surface area contributed by atoms with E-state index in [9.17, 15) is 4.57 Å². The fraction of sp³-hybridized carbons (Fsp3) is 1.00. The standard InChI is InChI=1S/C17H37O4P/c1-4-7-10-13-16-20-22(18,19-15-12-9-6-3)21-17-14-11-8-5-2/h4-17H2,1-3H3. The quantitative estimate of drug-likeness (QED) is 0.225. The third-order valence-electron chi connectivity index (χ3n) is 3.49. The van der Waals surface area contributed by atoms with Gasteiger partial charge in [-0.1, -0.05) is 72.1 Å². The van der Waals surface area contributed by atoms with E-state index in [1.54, 1.807) is 0 Å². The lowest BCUT2D eigenvalue weighted by molar-refractivity contribution is 0.108. The highest BCUT2D eigenvalue weighted by Crippen LogP contribution is 2.49. The first-order valence-corrected chi connectivity index (χ1v) is 10.7. The van der Waals surface area contributed by atoms with Crippen molar-refractivity contribution in [2.75, 3.05) is 19.8 Å². The predicted octanol–water partition coefficient (Wildman–Crippen LogP) is 6.50. The molecule has 0 aromatic heterocycles. The number of hydrogen-bond acceptors (Lipinski definition) is 4. The van der Waals surface area contributed by atoms with Crippen LogP contribution in [0.15, 0.2) is 0 Å².